The molecule has 4 rings (SSSR count). The SMILES string of the molecule is CC(C)(C)CC(=O)N1CCC(c2nc(OC(=O)N(C3CCCCC3)C3CC3)cs2)CC1. The standard InChI is InChI=1S/C24H37N3O3S/c1-24(2,3)15-21(28)26-13-11-17(12-14-26)22-25-20(16-31-22)30-23(29)27(19-9-10-19)18-7-5-4-6-8-18/h16-19H,4-15H2,1-3H3. The fourth-order valence-electron chi connectivity index (χ4n) is 4.90. The molecule has 2 aliphatic carbocycles. The van der Waals surface area contributed by atoms with Crippen LogP contribution < -0.4 is 4.74 Å². The second-order valence-corrected chi connectivity index (χ2v) is 11.6. The molecule has 3 fully saturated rings. The fourth-order valence-corrected chi connectivity index (χ4v) is 5.79. The highest BCUT2D eigenvalue weighted by Gasteiger charge is 2.39. The molecule has 1 aromatic rings. The van der Waals surface area contributed by atoms with Crippen molar-refractivity contribution in [1.29, 1.82) is 0 Å². The number of ether oxygens (including phenoxy) is 1. The second-order valence-electron chi connectivity index (χ2n) is 10.7. The molecule has 0 aromatic carbocycles. The maximum absolute atomic E-state index is 12.9. The van der Waals surface area contributed by atoms with Crippen molar-refractivity contribution in [3.63, 3.8) is 0 Å². The smallest absolute Gasteiger partial charge is 0.390 e. The Labute approximate surface area is 190 Å². The van der Waals surface area contributed by atoms with Crippen LogP contribution in [0.2, 0.25) is 0 Å². The minimum Gasteiger partial charge on any atom is -0.390 e. The summed E-state index contributed by atoms with van der Waals surface area (Å²) in [5, 5.41) is 2.90. The number of piperidine rings is 1. The number of rotatable bonds is 5. The predicted molar refractivity (Wildman–Crippen MR) is 122 cm³/mol. The second kappa shape index (κ2) is 9.47. The number of hydrogen-bond acceptors (Lipinski definition) is 5. The van der Waals surface area contributed by atoms with Crippen LogP contribution in [0.1, 0.15) is 95.9 Å². The molecule has 0 radical (unpaired) electrons. The summed E-state index contributed by atoms with van der Waals surface area (Å²) in [5.74, 6) is 1.04. The van der Waals surface area contributed by atoms with Gasteiger partial charge in [0.1, 0.15) is 0 Å². The molecular weight excluding hydrogens is 410 g/mol. The normalized spacial score (nSPS) is 21.2. The Hall–Kier alpha value is -1.63. The molecule has 1 saturated heterocycles. The van der Waals surface area contributed by atoms with Crippen LogP contribution in [0.15, 0.2) is 5.38 Å². The zero-order chi connectivity index (χ0) is 22.0. The van der Waals surface area contributed by atoms with E-state index in [0.717, 1.165) is 56.6 Å². The molecule has 31 heavy (non-hydrogen) atoms. The quantitative estimate of drug-likeness (QED) is 0.591. The predicted octanol–water partition coefficient (Wildman–Crippen LogP) is 5.58. The third-order valence-corrected chi connectivity index (χ3v) is 7.68. The number of carbonyl (C=O) groups is 2. The number of nitrogens with zero attached hydrogens (tertiary/aromatic N) is 3. The first kappa shape index (κ1) is 22.6. The molecule has 6 nitrogen and oxygen atoms in total. The number of hydrogen-bond donors (Lipinski definition) is 0. The van der Waals surface area contributed by atoms with Gasteiger partial charge < -0.3 is 14.5 Å². The zero-order valence-corrected chi connectivity index (χ0v) is 20.1. The van der Waals surface area contributed by atoms with Crippen LogP contribution in [0.25, 0.3) is 0 Å². The third kappa shape index (κ3) is 5.99. The van der Waals surface area contributed by atoms with E-state index in [1.807, 2.05) is 15.2 Å². The maximum Gasteiger partial charge on any atom is 0.417 e. The van der Waals surface area contributed by atoms with Crippen LogP contribution in [0.5, 0.6) is 5.88 Å². The van der Waals surface area contributed by atoms with Crippen molar-refractivity contribution in [3.8, 4) is 5.88 Å². The van der Waals surface area contributed by atoms with Crippen LogP contribution in [0.3, 0.4) is 0 Å². The number of carbonyl (C=O) groups excluding carboxylic acids is 2. The summed E-state index contributed by atoms with van der Waals surface area (Å²) >= 11 is 1.58. The molecule has 1 aromatic heterocycles. The molecule has 3 aliphatic rings. The Kier molecular flexibility index (Phi) is 6.89. The lowest BCUT2D eigenvalue weighted by Crippen LogP contribution is -2.44. The van der Waals surface area contributed by atoms with E-state index in [2.05, 4.69) is 25.8 Å². The lowest BCUT2D eigenvalue weighted by atomic mass is 9.90. The van der Waals surface area contributed by atoms with Gasteiger partial charge in [-0.3, -0.25) is 4.79 Å². The Morgan fingerprint density at radius 1 is 1.06 bits per heavy atom. The molecule has 0 unspecified atom stereocenters. The fraction of sp³-hybridized carbons (Fsp3) is 0.792. The topological polar surface area (TPSA) is 62.7 Å². The van der Waals surface area contributed by atoms with Crippen LogP contribution >= 0.6 is 11.3 Å². The Balaban J connectivity index is 1.30. The van der Waals surface area contributed by atoms with Crippen molar-refractivity contribution in [2.45, 2.75) is 103 Å². The largest absolute Gasteiger partial charge is 0.417 e. The van der Waals surface area contributed by atoms with Crippen LogP contribution in [0, 0.1) is 5.41 Å². The lowest BCUT2D eigenvalue weighted by Gasteiger charge is -2.33. The highest BCUT2D eigenvalue weighted by molar-refractivity contribution is 7.09. The third-order valence-electron chi connectivity index (χ3n) is 6.69. The van der Waals surface area contributed by atoms with Crippen molar-refractivity contribution >= 4 is 23.3 Å². The average molecular weight is 448 g/mol. The average Bonchev–Trinajstić information content (AvgIpc) is 3.45. The van der Waals surface area contributed by atoms with Gasteiger partial charge >= 0.3 is 6.09 Å². The van der Waals surface area contributed by atoms with Gasteiger partial charge in [-0.25, -0.2) is 9.78 Å². The van der Waals surface area contributed by atoms with Crippen molar-refractivity contribution in [2.75, 3.05) is 13.1 Å². The molecule has 172 valence electrons. The molecule has 0 spiro atoms. The molecule has 2 saturated carbocycles. The highest BCUT2D eigenvalue weighted by atomic mass is 32.1. The van der Waals surface area contributed by atoms with E-state index in [1.165, 1.54) is 19.3 Å². The summed E-state index contributed by atoms with van der Waals surface area (Å²) in [6.45, 7) is 7.88. The van der Waals surface area contributed by atoms with Gasteiger partial charge in [-0.15, -0.1) is 11.3 Å². The van der Waals surface area contributed by atoms with Crippen molar-refractivity contribution in [1.82, 2.24) is 14.8 Å². The lowest BCUT2D eigenvalue weighted by molar-refractivity contribution is -0.134. The number of likely N-dealkylation sites (tertiary alicyclic amines) is 1. The Morgan fingerprint density at radius 2 is 1.71 bits per heavy atom. The number of thiazole rings is 1. The first-order valence-electron chi connectivity index (χ1n) is 12.0. The van der Waals surface area contributed by atoms with E-state index < -0.39 is 0 Å². The Morgan fingerprint density at radius 3 is 2.32 bits per heavy atom. The van der Waals surface area contributed by atoms with Crippen molar-refractivity contribution < 1.29 is 14.3 Å². The molecule has 0 bridgehead atoms. The molecule has 7 heteroatoms. The van der Waals surface area contributed by atoms with Gasteiger partial charge in [-0.05, 0) is 43.9 Å². The number of aromatic nitrogens is 1. The van der Waals surface area contributed by atoms with E-state index >= 15 is 0 Å². The van der Waals surface area contributed by atoms with Gasteiger partial charge in [0.2, 0.25) is 11.8 Å². The molecule has 2 amide bonds. The monoisotopic (exact) mass is 447 g/mol. The van der Waals surface area contributed by atoms with Crippen LogP contribution in [0.4, 0.5) is 4.79 Å². The van der Waals surface area contributed by atoms with E-state index in [4.69, 9.17) is 4.74 Å². The number of amides is 2. The van der Waals surface area contributed by atoms with Gasteiger partial charge in [0.15, 0.2) is 0 Å². The molecule has 0 atom stereocenters. The Bertz CT molecular complexity index is 769. The highest BCUT2D eigenvalue weighted by Crippen LogP contribution is 2.36. The van der Waals surface area contributed by atoms with Gasteiger partial charge in [-0.1, -0.05) is 40.0 Å². The van der Waals surface area contributed by atoms with Crippen LogP contribution in [-0.4, -0.2) is 52.0 Å². The van der Waals surface area contributed by atoms with Crippen molar-refractivity contribution in [2.24, 2.45) is 5.41 Å². The van der Waals surface area contributed by atoms with E-state index in [1.54, 1.807) is 11.3 Å². The summed E-state index contributed by atoms with van der Waals surface area (Å²) in [7, 11) is 0. The summed E-state index contributed by atoms with van der Waals surface area (Å²) < 4.78 is 5.74. The van der Waals surface area contributed by atoms with E-state index in [0.29, 0.717) is 30.3 Å². The van der Waals surface area contributed by atoms with Crippen molar-refractivity contribution in [3.05, 3.63) is 10.4 Å². The molecule has 1 aliphatic heterocycles. The maximum atomic E-state index is 12.9. The van der Waals surface area contributed by atoms with Crippen LogP contribution in [-0.2, 0) is 4.79 Å². The summed E-state index contributed by atoms with van der Waals surface area (Å²) in [6, 6.07) is 0.700. The van der Waals surface area contributed by atoms with E-state index in [9.17, 15) is 9.59 Å². The summed E-state index contributed by atoms with van der Waals surface area (Å²) in [4.78, 5) is 34.1. The molecule has 0 N–H and O–H groups in total. The summed E-state index contributed by atoms with van der Waals surface area (Å²) in [5.41, 5.74) is 0.0218. The minimum absolute atomic E-state index is 0.0218. The van der Waals surface area contributed by atoms with Gasteiger partial charge in [-0.2, -0.15) is 0 Å². The van der Waals surface area contributed by atoms with Gasteiger partial charge in [0.05, 0.1) is 10.4 Å². The zero-order valence-electron chi connectivity index (χ0n) is 19.3. The minimum atomic E-state index is -0.214. The first-order valence-corrected chi connectivity index (χ1v) is 12.9. The first-order chi connectivity index (χ1) is 14.8. The molecule has 2 heterocycles. The summed E-state index contributed by atoms with van der Waals surface area (Å²) in [6.07, 6.45) is 10.3. The molecular formula is C24H37N3O3S. The van der Waals surface area contributed by atoms with Gasteiger partial charge in [0, 0.05) is 37.5 Å². The van der Waals surface area contributed by atoms with E-state index in [-0.39, 0.29) is 17.4 Å². The van der Waals surface area contributed by atoms with Gasteiger partial charge in [0.25, 0.3) is 0 Å².